The summed E-state index contributed by atoms with van der Waals surface area (Å²) in [5, 5.41) is 3.28. The van der Waals surface area contributed by atoms with Gasteiger partial charge in [0.2, 0.25) is 11.9 Å². The van der Waals surface area contributed by atoms with Crippen molar-refractivity contribution in [3.05, 3.63) is 40.2 Å². The number of rotatable bonds is 3. The van der Waals surface area contributed by atoms with Gasteiger partial charge in [-0.3, -0.25) is 0 Å². The summed E-state index contributed by atoms with van der Waals surface area (Å²) >= 11 is 0. The van der Waals surface area contributed by atoms with Gasteiger partial charge >= 0.3 is 0 Å². The standard InChI is InChI=1S/C16H20FN5/c1-8-6-9(2)11-4-5-13(12(11)7-8)19-16-21-14(10(3)17)20-15(18)22-16/h6-7,10,13H,4-5H2,1-3H3,(H3,18,19,20,21,22)/t10-,13-/m1/s1. The molecule has 3 N–H and O–H groups in total. The first-order chi connectivity index (χ1) is 10.4. The maximum atomic E-state index is 13.4. The number of alkyl halides is 1. The number of nitrogen functional groups attached to an aromatic ring is 1. The van der Waals surface area contributed by atoms with Crippen LogP contribution in [0.2, 0.25) is 0 Å². The lowest BCUT2D eigenvalue weighted by molar-refractivity contribution is 0.356. The van der Waals surface area contributed by atoms with Crippen molar-refractivity contribution in [2.75, 3.05) is 11.1 Å². The highest BCUT2D eigenvalue weighted by Crippen LogP contribution is 2.36. The monoisotopic (exact) mass is 301 g/mol. The summed E-state index contributed by atoms with van der Waals surface area (Å²) in [6.07, 6.45) is 0.712. The molecule has 5 nitrogen and oxygen atoms in total. The first kappa shape index (κ1) is 14.7. The summed E-state index contributed by atoms with van der Waals surface area (Å²) < 4.78 is 13.4. The molecule has 0 amide bonds. The fourth-order valence-corrected chi connectivity index (χ4v) is 3.08. The molecule has 0 bridgehead atoms. The van der Waals surface area contributed by atoms with Gasteiger partial charge < -0.3 is 11.1 Å². The molecule has 0 saturated carbocycles. The molecule has 6 heteroatoms. The van der Waals surface area contributed by atoms with Crippen molar-refractivity contribution in [1.82, 2.24) is 15.0 Å². The molecule has 22 heavy (non-hydrogen) atoms. The largest absolute Gasteiger partial charge is 0.368 e. The van der Waals surface area contributed by atoms with Crippen molar-refractivity contribution < 1.29 is 4.39 Å². The van der Waals surface area contributed by atoms with Crippen LogP contribution in [0.3, 0.4) is 0 Å². The third-order valence-electron chi connectivity index (χ3n) is 4.04. The number of hydrogen-bond donors (Lipinski definition) is 2. The van der Waals surface area contributed by atoms with Crippen molar-refractivity contribution in [2.45, 2.75) is 45.8 Å². The molecule has 1 aliphatic rings. The quantitative estimate of drug-likeness (QED) is 0.910. The molecule has 0 unspecified atom stereocenters. The Labute approximate surface area is 129 Å². The zero-order chi connectivity index (χ0) is 15.9. The Kier molecular flexibility index (Phi) is 3.68. The molecule has 0 saturated heterocycles. The van der Waals surface area contributed by atoms with Gasteiger partial charge in [0.1, 0.15) is 0 Å². The van der Waals surface area contributed by atoms with Gasteiger partial charge in [-0.15, -0.1) is 0 Å². The Morgan fingerprint density at radius 3 is 2.77 bits per heavy atom. The van der Waals surface area contributed by atoms with Crippen LogP contribution >= 0.6 is 0 Å². The third kappa shape index (κ3) is 2.73. The molecule has 1 aliphatic carbocycles. The minimum Gasteiger partial charge on any atom is -0.368 e. The predicted molar refractivity (Wildman–Crippen MR) is 84.4 cm³/mol. The van der Waals surface area contributed by atoms with Crippen LogP contribution in [0.15, 0.2) is 12.1 Å². The molecule has 1 heterocycles. The Balaban J connectivity index is 1.91. The minimum atomic E-state index is -1.27. The molecule has 116 valence electrons. The topological polar surface area (TPSA) is 76.7 Å². The molecule has 2 aromatic rings. The number of hydrogen-bond acceptors (Lipinski definition) is 5. The van der Waals surface area contributed by atoms with E-state index in [-0.39, 0.29) is 17.8 Å². The fourth-order valence-electron chi connectivity index (χ4n) is 3.08. The van der Waals surface area contributed by atoms with Crippen molar-refractivity contribution in [1.29, 1.82) is 0 Å². The molecule has 0 radical (unpaired) electrons. The first-order valence-corrected chi connectivity index (χ1v) is 7.46. The van der Waals surface area contributed by atoms with E-state index in [0.717, 1.165) is 12.8 Å². The Bertz CT molecular complexity index is 714. The Morgan fingerprint density at radius 2 is 2.05 bits per heavy atom. The summed E-state index contributed by atoms with van der Waals surface area (Å²) in [6.45, 7) is 5.61. The fraction of sp³-hybridized carbons (Fsp3) is 0.438. The van der Waals surface area contributed by atoms with Crippen molar-refractivity contribution in [3.63, 3.8) is 0 Å². The number of nitrogens with zero attached hydrogens (tertiary/aromatic N) is 3. The van der Waals surface area contributed by atoms with Crippen LogP contribution < -0.4 is 11.1 Å². The van der Waals surface area contributed by atoms with Gasteiger partial charge in [-0.25, -0.2) is 4.39 Å². The van der Waals surface area contributed by atoms with E-state index in [1.54, 1.807) is 0 Å². The van der Waals surface area contributed by atoms with Crippen molar-refractivity contribution in [3.8, 4) is 0 Å². The van der Waals surface area contributed by atoms with E-state index in [0.29, 0.717) is 5.95 Å². The SMILES string of the molecule is Cc1cc(C)c2c(c1)[C@H](Nc1nc(N)nc([C@@H](C)F)n1)CC2. The highest BCUT2D eigenvalue weighted by atomic mass is 19.1. The number of fused-ring (bicyclic) bond motifs is 1. The van der Waals surface area contributed by atoms with Crippen molar-refractivity contribution in [2.24, 2.45) is 0 Å². The van der Waals surface area contributed by atoms with E-state index >= 15 is 0 Å². The maximum Gasteiger partial charge on any atom is 0.228 e. The summed E-state index contributed by atoms with van der Waals surface area (Å²) in [7, 11) is 0. The van der Waals surface area contributed by atoms with Crippen LogP contribution in [0.25, 0.3) is 0 Å². The highest BCUT2D eigenvalue weighted by molar-refractivity contribution is 5.47. The molecule has 0 spiro atoms. The van der Waals surface area contributed by atoms with Crippen molar-refractivity contribution >= 4 is 11.9 Å². The van der Waals surface area contributed by atoms with Crippen LogP contribution in [0, 0.1) is 13.8 Å². The van der Waals surface area contributed by atoms with Crippen LogP contribution in [0.4, 0.5) is 16.3 Å². The zero-order valence-corrected chi connectivity index (χ0v) is 13.0. The number of anilines is 2. The van der Waals surface area contributed by atoms with Crippen LogP contribution in [-0.2, 0) is 6.42 Å². The number of nitrogens with one attached hydrogen (secondary N) is 1. The van der Waals surface area contributed by atoms with Crippen LogP contribution in [-0.4, -0.2) is 15.0 Å². The molecular formula is C16H20FN5. The molecule has 1 aromatic carbocycles. The number of aryl methyl sites for hydroxylation is 2. The van der Waals surface area contributed by atoms with Gasteiger partial charge in [0, 0.05) is 0 Å². The van der Waals surface area contributed by atoms with E-state index in [1.807, 2.05) is 0 Å². The average Bonchev–Trinajstić information content (AvgIpc) is 2.81. The second-order valence-corrected chi connectivity index (χ2v) is 5.88. The molecule has 2 atom stereocenters. The van der Waals surface area contributed by atoms with Gasteiger partial charge in [0.15, 0.2) is 12.0 Å². The second kappa shape index (κ2) is 5.51. The summed E-state index contributed by atoms with van der Waals surface area (Å²) in [4.78, 5) is 12.0. The summed E-state index contributed by atoms with van der Waals surface area (Å²) in [5.41, 5.74) is 10.8. The van der Waals surface area contributed by atoms with Gasteiger partial charge in [-0.05, 0) is 50.3 Å². The third-order valence-corrected chi connectivity index (χ3v) is 4.04. The molecule has 0 aliphatic heterocycles. The number of benzene rings is 1. The second-order valence-electron chi connectivity index (χ2n) is 5.88. The van der Waals surface area contributed by atoms with Gasteiger partial charge in [-0.1, -0.05) is 17.7 Å². The van der Waals surface area contributed by atoms with E-state index in [4.69, 9.17) is 5.73 Å². The van der Waals surface area contributed by atoms with E-state index in [9.17, 15) is 4.39 Å². The van der Waals surface area contributed by atoms with E-state index in [2.05, 4.69) is 46.2 Å². The van der Waals surface area contributed by atoms with Crippen LogP contribution in [0.5, 0.6) is 0 Å². The average molecular weight is 301 g/mol. The highest BCUT2D eigenvalue weighted by Gasteiger charge is 2.25. The maximum absolute atomic E-state index is 13.4. The molecule has 1 aromatic heterocycles. The van der Waals surface area contributed by atoms with Gasteiger partial charge in [0.25, 0.3) is 0 Å². The smallest absolute Gasteiger partial charge is 0.228 e. The summed E-state index contributed by atoms with van der Waals surface area (Å²) in [5.74, 6) is 0.438. The number of nitrogens with two attached hydrogens (primary N) is 1. The number of aromatic nitrogens is 3. The number of halogens is 1. The summed E-state index contributed by atoms with van der Waals surface area (Å²) in [6, 6.07) is 4.51. The molecular weight excluding hydrogens is 281 g/mol. The Hall–Kier alpha value is -2.24. The Morgan fingerprint density at radius 1 is 1.27 bits per heavy atom. The lowest BCUT2D eigenvalue weighted by Crippen LogP contribution is -2.14. The van der Waals surface area contributed by atoms with E-state index < -0.39 is 6.17 Å². The van der Waals surface area contributed by atoms with Gasteiger partial charge in [-0.2, -0.15) is 15.0 Å². The van der Waals surface area contributed by atoms with Crippen LogP contribution in [0.1, 0.15) is 53.6 Å². The first-order valence-electron chi connectivity index (χ1n) is 7.46. The van der Waals surface area contributed by atoms with E-state index in [1.165, 1.54) is 29.2 Å². The molecule has 0 fully saturated rings. The molecule has 3 rings (SSSR count). The lowest BCUT2D eigenvalue weighted by atomic mass is 10.00. The predicted octanol–water partition coefficient (Wildman–Crippen LogP) is 3.20. The zero-order valence-electron chi connectivity index (χ0n) is 13.0. The normalized spacial score (nSPS) is 18.1. The lowest BCUT2D eigenvalue weighted by Gasteiger charge is -2.16. The van der Waals surface area contributed by atoms with Gasteiger partial charge in [0.05, 0.1) is 6.04 Å². The minimum absolute atomic E-state index is 0.0376.